The van der Waals surface area contributed by atoms with Crippen LogP contribution in [-0.4, -0.2) is 35.6 Å². The molecule has 1 aromatic heterocycles. The summed E-state index contributed by atoms with van der Waals surface area (Å²) in [4.78, 5) is 14.4. The Morgan fingerprint density at radius 2 is 2.35 bits per heavy atom. The molecular weight excluding hydrogens is 242 g/mol. The molecule has 0 aliphatic rings. The maximum atomic E-state index is 10.8. The average molecular weight is 257 g/mol. The van der Waals surface area contributed by atoms with Crippen LogP contribution in [0.3, 0.4) is 0 Å². The first-order valence-corrected chi connectivity index (χ1v) is 6.50. The van der Waals surface area contributed by atoms with Crippen LogP contribution in [0.4, 0.5) is 11.5 Å². The molecule has 0 bridgehead atoms. The van der Waals surface area contributed by atoms with Crippen molar-refractivity contribution in [3.05, 3.63) is 22.2 Å². The van der Waals surface area contributed by atoms with Crippen molar-refractivity contribution < 1.29 is 9.66 Å². The van der Waals surface area contributed by atoms with Gasteiger partial charge in [-0.1, -0.05) is 0 Å². The fraction of sp³-hybridized carbons (Fsp3) is 0.500. The van der Waals surface area contributed by atoms with Gasteiger partial charge in [0.25, 0.3) is 0 Å². The van der Waals surface area contributed by atoms with Gasteiger partial charge in [0, 0.05) is 18.7 Å². The summed E-state index contributed by atoms with van der Waals surface area (Å²) in [7, 11) is 1.48. The van der Waals surface area contributed by atoms with Gasteiger partial charge in [0.05, 0.1) is 12.0 Å². The zero-order valence-electron chi connectivity index (χ0n) is 9.80. The van der Waals surface area contributed by atoms with Crippen molar-refractivity contribution in [1.82, 2.24) is 4.98 Å². The van der Waals surface area contributed by atoms with Crippen LogP contribution >= 0.6 is 11.8 Å². The van der Waals surface area contributed by atoms with Gasteiger partial charge < -0.3 is 10.1 Å². The number of ether oxygens (including phenoxy) is 1. The van der Waals surface area contributed by atoms with Gasteiger partial charge in [0.2, 0.25) is 11.7 Å². The van der Waals surface area contributed by atoms with Gasteiger partial charge in [-0.2, -0.15) is 16.7 Å². The van der Waals surface area contributed by atoms with Gasteiger partial charge in [-0.25, -0.2) is 0 Å². The molecule has 0 spiro atoms. The minimum atomic E-state index is -0.455. The lowest BCUT2D eigenvalue weighted by molar-refractivity contribution is -0.384. The van der Waals surface area contributed by atoms with E-state index in [1.165, 1.54) is 19.2 Å². The number of nitrogens with zero attached hydrogens (tertiary/aromatic N) is 2. The number of nitrogens with one attached hydrogen (secondary N) is 1. The Kier molecular flexibility index (Phi) is 5.55. The Morgan fingerprint density at radius 3 is 2.94 bits per heavy atom. The van der Waals surface area contributed by atoms with Crippen LogP contribution in [0.15, 0.2) is 12.1 Å². The van der Waals surface area contributed by atoms with Crippen LogP contribution in [0.1, 0.15) is 6.42 Å². The zero-order valence-corrected chi connectivity index (χ0v) is 10.6. The molecule has 0 atom stereocenters. The van der Waals surface area contributed by atoms with Crippen molar-refractivity contribution in [3.63, 3.8) is 0 Å². The topological polar surface area (TPSA) is 77.3 Å². The number of methoxy groups -OCH3 is 1. The lowest BCUT2D eigenvalue weighted by Crippen LogP contribution is -2.07. The summed E-state index contributed by atoms with van der Waals surface area (Å²) in [6, 6.07) is 2.87. The third kappa shape index (κ3) is 4.10. The Hall–Kier alpha value is -1.50. The summed E-state index contributed by atoms with van der Waals surface area (Å²) in [5.74, 6) is 1.63. The molecule has 1 aromatic rings. The van der Waals surface area contributed by atoms with Gasteiger partial charge in [-0.3, -0.25) is 10.1 Å². The molecule has 0 fully saturated rings. The molecule has 7 heteroatoms. The Balaban J connectivity index is 2.75. The minimum Gasteiger partial charge on any atom is -0.481 e. The minimum absolute atomic E-state index is 0.0325. The van der Waals surface area contributed by atoms with Crippen LogP contribution in [0.2, 0.25) is 0 Å². The van der Waals surface area contributed by atoms with Crippen LogP contribution < -0.4 is 10.1 Å². The number of hydrogen-bond donors (Lipinski definition) is 1. The standard InChI is InChI=1S/C10H15N3O3S/c1-16-9-5-4-8(13(14)15)10(12-9)11-6-3-7-17-2/h4-5H,3,6-7H2,1-2H3,(H,11,12). The summed E-state index contributed by atoms with van der Waals surface area (Å²) in [6.07, 6.45) is 2.95. The SMILES string of the molecule is COc1ccc([N+](=O)[O-])c(NCCCSC)n1. The van der Waals surface area contributed by atoms with E-state index in [0.717, 1.165) is 12.2 Å². The fourth-order valence-electron chi connectivity index (χ4n) is 1.25. The number of nitro groups is 1. The van der Waals surface area contributed by atoms with E-state index in [1.807, 2.05) is 6.26 Å². The number of rotatable bonds is 7. The molecule has 0 aliphatic carbocycles. The molecule has 1 N–H and O–H groups in total. The maximum absolute atomic E-state index is 10.8. The van der Waals surface area contributed by atoms with Crippen molar-refractivity contribution in [2.45, 2.75) is 6.42 Å². The van der Waals surface area contributed by atoms with E-state index in [4.69, 9.17) is 4.74 Å². The first-order valence-electron chi connectivity index (χ1n) is 5.11. The van der Waals surface area contributed by atoms with E-state index in [0.29, 0.717) is 12.4 Å². The highest BCUT2D eigenvalue weighted by molar-refractivity contribution is 7.98. The molecule has 0 aromatic carbocycles. The van der Waals surface area contributed by atoms with Gasteiger partial charge in [-0.05, 0) is 18.4 Å². The Morgan fingerprint density at radius 1 is 1.59 bits per heavy atom. The monoisotopic (exact) mass is 257 g/mol. The number of anilines is 1. The molecule has 0 radical (unpaired) electrons. The lowest BCUT2D eigenvalue weighted by Gasteiger charge is -2.07. The predicted octanol–water partition coefficient (Wildman–Crippen LogP) is 2.16. The number of pyridine rings is 1. The van der Waals surface area contributed by atoms with E-state index >= 15 is 0 Å². The van der Waals surface area contributed by atoms with Crippen molar-refractivity contribution in [1.29, 1.82) is 0 Å². The van der Waals surface area contributed by atoms with E-state index in [-0.39, 0.29) is 11.5 Å². The van der Waals surface area contributed by atoms with Crippen LogP contribution in [0.5, 0.6) is 5.88 Å². The van der Waals surface area contributed by atoms with Gasteiger partial charge in [0.1, 0.15) is 0 Å². The first-order chi connectivity index (χ1) is 8.19. The van der Waals surface area contributed by atoms with E-state index in [2.05, 4.69) is 10.3 Å². The molecule has 1 rings (SSSR count). The molecule has 0 aliphatic heterocycles. The fourth-order valence-corrected chi connectivity index (χ4v) is 1.68. The number of aromatic nitrogens is 1. The summed E-state index contributed by atoms with van der Waals surface area (Å²) in [5, 5.41) is 13.7. The number of hydrogen-bond acceptors (Lipinski definition) is 6. The third-order valence-electron chi connectivity index (χ3n) is 2.07. The zero-order chi connectivity index (χ0) is 12.7. The van der Waals surface area contributed by atoms with E-state index < -0.39 is 4.92 Å². The summed E-state index contributed by atoms with van der Waals surface area (Å²) < 4.78 is 4.94. The van der Waals surface area contributed by atoms with Gasteiger partial charge >= 0.3 is 5.69 Å². The molecule has 94 valence electrons. The molecule has 1 heterocycles. The predicted molar refractivity (Wildman–Crippen MR) is 68.9 cm³/mol. The summed E-state index contributed by atoms with van der Waals surface area (Å²) in [6.45, 7) is 0.655. The van der Waals surface area contributed by atoms with Crippen molar-refractivity contribution in [2.24, 2.45) is 0 Å². The summed E-state index contributed by atoms with van der Waals surface area (Å²) in [5.41, 5.74) is -0.0325. The third-order valence-corrected chi connectivity index (χ3v) is 2.77. The highest BCUT2D eigenvalue weighted by Gasteiger charge is 2.15. The lowest BCUT2D eigenvalue weighted by atomic mass is 10.3. The Labute approximate surface area is 104 Å². The van der Waals surface area contributed by atoms with Crippen molar-refractivity contribution >= 4 is 23.3 Å². The van der Waals surface area contributed by atoms with E-state index in [1.54, 1.807) is 11.8 Å². The largest absolute Gasteiger partial charge is 0.481 e. The quantitative estimate of drug-likeness (QED) is 0.458. The normalized spacial score (nSPS) is 10.0. The maximum Gasteiger partial charge on any atom is 0.311 e. The van der Waals surface area contributed by atoms with Crippen LogP contribution in [0, 0.1) is 10.1 Å². The molecule has 17 heavy (non-hydrogen) atoms. The second-order valence-corrected chi connectivity index (χ2v) is 4.24. The molecule has 6 nitrogen and oxygen atoms in total. The summed E-state index contributed by atoms with van der Waals surface area (Å²) >= 11 is 1.74. The van der Waals surface area contributed by atoms with Crippen molar-refractivity contribution in [3.8, 4) is 5.88 Å². The Bertz CT molecular complexity index is 387. The van der Waals surface area contributed by atoms with Gasteiger partial charge in [-0.15, -0.1) is 0 Å². The highest BCUT2D eigenvalue weighted by Crippen LogP contribution is 2.24. The van der Waals surface area contributed by atoms with Crippen LogP contribution in [0.25, 0.3) is 0 Å². The van der Waals surface area contributed by atoms with Crippen molar-refractivity contribution in [2.75, 3.05) is 31.0 Å². The average Bonchev–Trinajstić information content (AvgIpc) is 2.34. The second kappa shape index (κ2) is 6.95. The molecule has 0 saturated heterocycles. The first kappa shape index (κ1) is 13.6. The molecule has 0 unspecified atom stereocenters. The molecular formula is C10H15N3O3S. The van der Waals surface area contributed by atoms with Crippen LogP contribution in [-0.2, 0) is 0 Å². The molecule has 0 saturated carbocycles. The highest BCUT2D eigenvalue weighted by atomic mass is 32.2. The molecule has 0 amide bonds. The van der Waals surface area contributed by atoms with Gasteiger partial charge in [0.15, 0.2) is 0 Å². The number of thioether (sulfide) groups is 1. The van der Waals surface area contributed by atoms with E-state index in [9.17, 15) is 10.1 Å². The smallest absolute Gasteiger partial charge is 0.311 e. The second-order valence-electron chi connectivity index (χ2n) is 3.25.